The fraction of sp³-hybridized carbons (Fsp3) is 0.292. The number of fused-ring (bicyclic) bond motifs is 1. The van der Waals surface area contributed by atoms with Gasteiger partial charge in [0.2, 0.25) is 5.91 Å². The lowest BCUT2D eigenvalue weighted by molar-refractivity contribution is -0.132. The summed E-state index contributed by atoms with van der Waals surface area (Å²) in [6, 6.07) is 18.1. The molecule has 0 radical (unpaired) electrons. The van der Waals surface area contributed by atoms with Crippen molar-refractivity contribution in [2.45, 2.75) is 39.2 Å². The van der Waals surface area contributed by atoms with Gasteiger partial charge in [-0.3, -0.25) is 9.59 Å². The van der Waals surface area contributed by atoms with Crippen LogP contribution < -0.4 is 5.56 Å². The second kappa shape index (κ2) is 8.43. The highest BCUT2D eigenvalue weighted by Gasteiger charge is 2.24. The van der Waals surface area contributed by atoms with Crippen molar-refractivity contribution < 1.29 is 4.79 Å². The van der Waals surface area contributed by atoms with Crippen LogP contribution in [-0.4, -0.2) is 27.3 Å². The molecule has 5 heteroatoms. The van der Waals surface area contributed by atoms with E-state index in [1.807, 2.05) is 42.5 Å². The average Bonchev–Trinajstić information content (AvgIpc) is 2.74. The molecule has 0 unspecified atom stereocenters. The summed E-state index contributed by atoms with van der Waals surface area (Å²) < 4.78 is 0. The molecule has 0 saturated carbocycles. The Labute approximate surface area is 170 Å². The third kappa shape index (κ3) is 4.45. The van der Waals surface area contributed by atoms with E-state index in [1.54, 1.807) is 4.90 Å². The summed E-state index contributed by atoms with van der Waals surface area (Å²) >= 11 is 0. The number of nitrogens with one attached hydrogen (secondary N) is 1. The molecule has 1 aromatic heterocycles. The first-order valence-corrected chi connectivity index (χ1v) is 10.1. The van der Waals surface area contributed by atoms with Crippen molar-refractivity contribution in [3.63, 3.8) is 0 Å². The van der Waals surface area contributed by atoms with Crippen LogP contribution in [0.1, 0.15) is 40.2 Å². The van der Waals surface area contributed by atoms with Crippen LogP contribution >= 0.6 is 0 Å². The number of nitrogens with zero attached hydrogens (tertiary/aromatic N) is 2. The van der Waals surface area contributed by atoms with Gasteiger partial charge >= 0.3 is 0 Å². The van der Waals surface area contributed by atoms with Gasteiger partial charge < -0.3 is 9.88 Å². The van der Waals surface area contributed by atoms with E-state index in [1.165, 1.54) is 5.56 Å². The number of rotatable bonds is 5. The van der Waals surface area contributed by atoms with Crippen LogP contribution in [0.3, 0.4) is 0 Å². The van der Waals surface area contributed by atoms with E-state index in [0.717, 1.165) is 16.8 Å². The Hall–Kier alpha value is -3.21. The number of aromatic nitrogens is 2. The number of carbonyl (C=O) groups excluding carboxylic acids is 1. The van der Waals surface area contributed by atoms with Crippen molar-refractivity contribution in [2.75, 3.05) is 6.54 Å². The normalized spacial score (nSPS) is 13.2. The number of aryl methyl sites for hydroxylation is 2. The lowest BCUT2D eigenvalue weighted by Gasteiger charge is -2.28. The Bertz CT molecular complexity index is 1070. The van der Waals surface area contributed by atoms with Crippen LogP contribution in [0.15, 0.2) is 59.4 Å². The van der Waals surface area contributed by atoms with Gasteiger partial charge in [-0.25, -0.2) is 4.98 Å². The number of aromatic amines is 1. The van der Waals surface area contributed by atoms with E-state index in [-0.39, 0.29) is 11.5 Å². The predicted octanol–water partition coefficient (Wildman–Crippen LogP) is 3.19. The molecule has 0 fully saturated rings. The zero-order chi connectivity index (χ0) is 20.2. The molecule has 29 heavy (non-hydrogen) atoms. The minimum atomic E-state index is -0.126. The first-order chi connectivity index (χ1) is 14.1. The van der Waals surface area contributed by atoms with Gasteiger partial charge in [-0.2, -0.15) is 0 Å². The van der Waals surface area contributed by atoms with Crippen molar-refractivity contribution in [1.29, 1.82) is 0 Å². The third-order valence-corrected chi connectivity index (χ3v) is 5.56. The Morgan fingerprint density at radius 1 is 1.10 bits per heavy atom. The summed E-state index contributed by atoms with van der Waals surface area (Å²) in [6.45, 7) is 3.02. The minimum absolute atomic E-state index is 0.0860. The number of amides is 1. The zero-order valence-corrected chi connectivity index (χ0v) is 16.6. The average molecular weight is 387 g/mol. The van der Waals surface area contributed by atoms with Gasteiger partial charge in [-0.15, -0.1) is 0 Å². The van der Waals surface area contributed by atoms with Gasteiger partial charge in [0.25, 0.3) is 5.56 Å². The smallest absolute Gasteiger partial charge is 0.256 e. The second-order valence-corrected chi connectivity index (χ2v) is 7.59. The molecule has 0 spiro atoms. The largest absolute Gasteiger partial charge is 0.338 e. The number of hydrogen-bond acceptors (Lipinski definition) is 3. The Morgan fingerprint density at radius 2 is 1.86 bits per heavy atom. The number of hydrogen-bond donors (Lipinski definition) is 1. The summed E-state index contributed by atoms with van der Waals surface area (Å²) in [5, 5.41) is 0. The van der Waals surface area contributed by atoms with Crippen molar-refractivity contribution in [2.24, 2.45) is 0 Å². The molecular weight excluding hydrogens is 362 g/mol. The molecule has 3 aromatic rings. The molecule has 2 heterocycles. The first-order valence-electron chi connectivity index (χ1n) is 10.1. The Morgan fingerprint density at radius 3 is 2.66 bits per heavy atom. The SMILES string of the molecule is Cc1ccccc1Cc1nc2c(c(=O)[nH]1)CN(C(=O)CCc1ccccc1)CC2. The maximum atomic E-state index is 12.7. The molecule has 1 aliphatic rings. The quantitative estimate of drug-likeness (QED) is 0.731. The van der Waals surface area contributed by atoms with Gasteiger partial charge in [0, 0.05) is 25.8 Å². The summed E-state index contributed by atoms with van der Waals surface area (Å²) in [7, 11) is 0. The molecule has 0 atom stereocenters. The van der Waals surface area contributed by atoms with E-state index in [9.17, 15) is 9.59 Å². The lowest BCUT2D eigenvalue weighted by Crippen LogP contribution is -2.40. The van der Waals surface area contributed by atoms with E-state index in [0.29, 0.717) is 50.2 Å². The van der Waals surface area contributed by atoms with Crippen LogP contribution in [-0.2, 0) is 30.6 Å². The van der Waals surface area contributed by atoms with Crippen LogP contribution in [0.4, 0.5) is 0 Å². The minimum Gasteiger partial charge on any atom is -0.338 e. The fourth-order valence-electron chi connectivity index (χ4n) is 3.82. The van der Waals surface area contributed by atoms with Gasteiger partial charge in [0.05, 0.1) is 17.8 Å². The topological polar surface area (TPSA) is 66.1 Å². The van der Waals surface area contributed by atoms with Crippen molar-refractivity contribution in [3.8, 4) is 0 Å². The van der Waals surface area contributed by atoms with Gasteiger partial charge in [-0.05, 0) is 30.0 Å². The molecule has 4 rings (SSSR count). The van der Waals surface area contributed by atoms with E-state index in [4.69, 9.17) is 4.98 Å². The number of H-pyrrole nitrogens is 1. The van der Waals surface area contributed by atoms with E-state index >= 15 is 0 Å². The summed E-state index contributed by atoms with van der Waals surface area (Å²) in [6.07, 6.45) is 2.40. The lowest BCUT2D eigenvalue weighted by atomic mass is 10.0. The zero-order valence-electron chi connectivity index (χ0n) is 16.6. The molecule has 0 bridgehead atoms. The van der Waals surface area contributed by atoms with Crippen molar-refractivity contribution in [3.05, 3.63) is 98.7 Å². The maximum absolute atomic E-state index is 12.7. The van der Waals surface area contributed by atoms with Crippen molar-refractivity contribution in [1.82, 2.24) is 14.9 Å². The maximum Gasteiger partial charge on any atom is 0.256 e. The Balaban J connectivity index is 1.45. The van der Waals surface area contributed by atoms with Crippen LogP contribution in [0.2, 0.25) is 0 Å². The molecule has 5 nitrogen and oxygen atoms in total. The standard InChI is InChI=1S/C24H25N3O2/c1-17-7-5-6-10-19(17)15-22-25-21-13-14-27(16-20(21)24(29)26-22)23(28)12-11-18-8-3-2-4-9-18/h2-10H,11-16H2,1H3,(H,25,26,29). The van der Waals surface area contributed by atoms with Gasteiger partial charge in [0.15, 0.2) is 0 Å². The van der Waals surface area contributed by atoms with Gasteiger partial charge in [0.1, 0.15) is 5.82 Å². The second-order valence-electron chi connectivity index (χ2n) is 7.59. The monoisotopic (exact) mass is 387 g/mol. The summed E-state index contributed by atoms with van der Waals surface area (Å²) in [5.74, 6) is 0.773. The highest BCUT2D eigenvalue weighted by Crippen LogP contribution is 2.17. The molecule has 1 N–H and O–H groups in total. The summed E-state index contributed by atoms with van der Waals surface area (Å²) in [5.41, 5.74) is 4.81. The highest BCUT2D eigenvalue weighted by atomic mass is 16.2. The molecule has 0 aliphatic carbocycles. The molecular formula is C24H25N3O2. The van der Waals surface area contributed by atoms with Crippen LogP contribution in [0.5, 0.6) is 0 Å². The molecule has 0 saturated heterocycles. The highest BCUT2D eigenvalue weighted by molar-refractivity contribution is 5.76. The van der Waals surface area contributed by atoms with Crippen LogP contribution in [0, 0.1) is 6.92 Å². The molecule has 1 amide bonds. The Kier molecular flexibility index (Phi) is 5.56. The van der Waals surface area contributed by atoms with Crippen molar-refractivity contribution >= 4 is 5.91 Å². The van der Waals surface area contributed by atoms with Crippen LogP contribution in [0.25, 0.3) is 0 Å². The third-order valence-electron chi connectivity index (χ3n) is 5.56. The van der Waals surface area contributed by atoms with E-state index < -0.39 is 0 Å². The van der Waals surface area contributed by atoms with Gasteiger partial charge in [-0.1, -0.05) is 54.6 Å². The fourth-order valence-corrected chi connectivity index (χ4v) is 3.82. The number of carbonyl (C=O) groups is 1. The molecule has 148 valence electrons. The molecule has 2 aromatic carbocycles. The van der Waals surface area contributed by atoms with E-state index in [2.05, 4.69) is 24.0 Å². The first kappa shape index (κ1) is 19.1. The number of benzene rings is 2. The predicted molar refractivity (Wildman–Crippen MR) is 113 cm³/mol. The summed E-state index contributed by atoms with van der Waals surface area (Å²) in [4.78, 5) is 34.7. The molecule has 1 aliphatic heterocycles.